The Kier molecular flexibility index (Phi) is 5.03. The molecule has 0 amide bonds. The second-order valence-electron chi connectivity index (χ2n) is 6.23. The van der Waals surface area contributed by atoms with Crippen molar-refractivity contribution in [3.8, 4) is 0 Å². The smallest absolute Gasteiger partial charge is 0.0366 e. The van der Waals surface area contributed by atoms with Crippen LogP contribution in [0.3, 0.4) is 0 Å². The molecule has 2 rings (SSSR count). The van der Waals surface area contributed by atoms with Crippen molar-refractivity contribution in [2.24, 2.45) is 11.1 Å². The molecule has 0 fully saturated rings. The minimum absolute atomic E-state index is 0.00674. The summed E-state index contributed by atoms with van der Waals surface area (Å²) in [6.07, 6.45) is 0. The molecule has 2 aromatic rings. The molecule has 0 aliphatic heterocycles. The van der Waals surface area contributed by atoms with Crippen molar-refractivity contribution < 1.29 is 0 Å². The number of nitrogens with zero attached hydrogens (tertiary/aromatic N) is 1. The van der Waals surface area contributed by atoms with E-state index < -0.39 is 0 Å². The molecule has 2 aromatic carbocycles. The second-order valence-corrected chi connectivity index (χ2v) is 6.23. The van der Waals surface area contributed by atoms with Crippen LogP contribution in [0, 0.1) is 5.41 Å². The highest BCUT2D eigenvalue weighted by molar-refractivity contribution is 5.46. The summed E-state index contributed by atoms with van der Waals surface area (Å²) >= 11 is 0. The molecule has 2 N–H and O–H groups in total. The number of hydrogen-bond donors (Lipinski definition) is 1. The molecule has 0 aromatic heterocycles. The third kappa shape index (κ3) is 3.85. The molecule has 1 atom stereocenters. The van der Waals surface area contributed by atoms with E-state index in [0.717, 1.165) is 13.1 Å². The summed E-state index contributed by atoms with van der Waals surface area (Å²) in [6.45, 7) is 8.60. The van der Waals surface area contributed by atoms with Gasteiger partial charge in [0.25, 0.3) is 0 Å². The molecule has 2 nitrogen and oxygen atoms in total. The van der Waals surface area contributed by atoms with Crippen molar-refractivity contribution in [3.63, 3.8) is 0 Å². The molecule has 0 heterocycles. The van der Waals surface area contributed by atoms with Gasteiger partial charge in [0.2, 0.25) is 0 Å². The van der Waals surface area contributed by atoms with Crippen LogP contribution in [0.1, 0.15) is 32.4 Å². The Labute approximate surface area is 128 Å². The van der Waals surface area contributed by atoms with E-state index in [4.69, 9.17) is 5.73 Å². The van der Waals surface area contributed by atoms with E-state index in [1.54, 1.807) is 0 Å². The number of para-hydroxylation sites is 1. The average Bonchev–Trinajstić information content (AvgIpc) is 2.53. The molecule has 21 heavy (non-hydrogen) atoms. The summed E-state index contributed by atoms with van der Waals surface area (Å²) in [5, 5.41) is 0. The normalized spacial score (nSPS) is 13.0. The first-order chi connectivity index (χ1) is 10.0. The van der Waals surface area contributed by atoms with Crippen LogP contribution in [-0.2, 0) is 0 Å². The third-order valence-electron chi connectivity index (χ3n) is 4.10. The zero-order chi connectivity index (χ0) is 15.3. The lowest BCUT2D eigenvalue weighted by atomic mass is 9.80. The summed E-state index contributed by atoms with van der Waals surface area (Å²) in [5.74, 6) is 0. The lowest BCUT2D eigenvalue weighted by molar-refractivity contribution is 0.293. The van der Waals surface area contributed by atoms with Crippen LogP contribution in [0.2, 0.25) is 0 Å². The summed E-state index contributed by atoms with van der Waals surface area (Å²) in [6, 6.07) is 20.9. The number of rotatable bonds is 6. The highest BCUT2D eigenvalue weighted by Crippen LogP contribution is 2.33. The van der Waals surface area contributed by atoms with E-state index in [9.17, 15) is 0 Å². The molecule has 0 aliphatic rings. The van der Waals surface area contributed by atoms with E-state index in [2.05, 4.69) is 80.3 Å². The molecule has 0 saturated heterocycles. The van der Waals surface area contributed by atoms with Crippen molar-refractivity contribution in [1.29, 1.82) is 0 Å². The molecule has 0 aliphatic carbocycles. The molecular formula is C19H26N2. The Morgan fingerprint density at radius 1 is 0.952 bits per heavy atom. The molecule has 0 spiro atoms. The van der Waals surface area contributed by atoms with Crippen LogP contribution in [-0.4, -0.2) is 13.1 Å². The Hall–Kier alpha value is -1.80. The number of hydrogen-bond acceptors (Lipinski definition) is 2. The maximum Gasteiger partial charge on any atom is 0.0366 e. The number of anilines is 1. The minimum atomic E-state index is -0.00674. The van der Waals surface area contributed by atoms with Crippen LogP contribution in [0.4, 0.5) is 5.69 Å². The van der Waals surface area contributed by atoms with Crippen LogP contribution in [0.25, 0.3) is 0 Å². The van der Waals surface area contributed by atoms with Crippen molar-refractivity contribution in [1.82, 2.24) is 0 Å². The van der Waals surface area contributed by atoms with E-state index in [0.29, 0.717) is 0 Å². The summed E-state index contributed by atoms with van der Waals surface area (Å²) in [4.78, 5) is 2.39. The van der Waals surface area contributed by atoms with Gasteiger partial charge in [0.1, 0.15) is 0 Å². The molecule has 0 saturated carbocycles. The highest BCUT2D eigenvalue weighted by Gasteiger charge is 2.29. The van der Waals surface area contributed by atoms with E-state index in [1.807, 2.05) is 6.07 Å². The van der Waals surface area contributed by atoms with Gasteiger partial charge in [-0.1, -0.05) is 62.4 Å². The molecule has 0 radical (unpaired) electrons. The summed E-state index contributed by atoms with van der Waals surface area (Å²) in [7, 11) is 0. The molecule has 2 heteroatoms. The topological polar surface area (TPSA) is 29.3 Å². The molecule has 0 bridgehead atoms. The fourth-order valence-electron chi connectivity index (χ4n) is 2.73. The van der Waals surface area contributed by atoms with Crippen LogP contribution in [0.5, 0.6) is 0 Å². The first-order valence-corrected chi connectivity index (χ1v) is 7.65. The summed E-state index contributed by atoms with van der Waals surface area (Å²) < 4.78 is 0. The quantitative estimate of drug-likeness (QED) is 0.858. The predicted molar refractivity (Wildman–Crippen MR) is 91.5 cm³/mol. The molecular weight excluding hydrogens is 256 g/mol. The van der Waals surface area contributed by atoms with Gasteiger partial charge in [-0.2, -0.15) is 0 Å². The Bertz CT molecular complexity index is 534. The molecule has 112 valence electrons. The maximum absolute atomic E-state index is 6.53. The van der Waals surface area contributed by atoms with Crippen molar-refractivity contribution in [2.45, 2.75) is 26.8 Å². The van der Waals surface area contributed by atoms with Gasteiger partial charge in [-0.15, -0.1) is 0 Å². The zero-order valence-corrected chi connectivity index (χ0v) is 13.3. The Morgan fingerprint density at radius 3 is 2.00 bits per heavy atom. The zero-order valence-electron chi connectivity index (χ0n) is 13.3. The lowest BCUT2D eigenvalue weighted by Gasteiger charge is -2.38. The number of nitrogens with two attached hydrogens (primary N) is 1. The Morgan fingerprint density at radius 2 is 1.48 bits per heavy atom. The number of benzene rings is 2. The van der Waals surface area contributed by atoms with Gasteiger partial charge in [0, 0.05) is 30.2 Å². The first kappa shape index (κ1) is 15.6. The first-order valence-electron chi connectivity index (χ1n) is 7.65. The van der Waals surface area contributed by atoms with Gasteiger partial charge in [0.05, 0.1) is 0 Å². The van der Waals surface area contributed by atoms with Gasteiger partial charge in [0.15, 0.2) is 0 Å². The fourth-order valence-corrected chi connectivity index (χ4v) is 2.73. The maximum atomic E-state index is 6.53. The predicted octanol–water partition coefficient (Wildman–Crippen LogP) is 4.24. The van der Waals surface area contributed by atoms with Crippen molar-refractivity contribution in [2.75, 3.05) is 18.0 Å². The van der Waals surface area contributed by atoms with Crippen LogP contribution in [0.15, 0.2) is 60.7 Å². The van der Waals surface area contributed by atoms with Gasteiger partial charge in [-0.05, 0) is 24.6 Å². The standard InChI is InChI=1S/C19H26N2/c1-4-21(17-13-9-6-10-14-17)15-19(2,3)18(20)16-11-7-5-8-12-16/h5-14,18H,4,15,20H2,1-3H3. The Balaban J connectivity index is 2.15. The monoisotopic (exact) mass is 282 g/mol. The van der Waals surface area contributed by atoms with Gasteiger partial charge < -0.3 is 10.6 Å². The lowest BCUT2D eigenvalue weighted by Crippen LogP contribution is -2.41. The van der Waals surface area contributed by atoms with E-state index >= 15 is 0 Å². The molecule has 1 unspecified atom stereocenters. The van der Waals surface area contributed by atoms with Crippen molar-refractivity contribution in [3.05, 3.63) is 66.2 Å². The van der Waals surface area contributed by atoms with Crippen LogP contribution >= 0.6 is 0 Å². The fraction of sp³-hybridized carbons (Fsp3) is 0.368. The summed E-state index contributed by atoms with van der Waals surface area (Å²) in [5.41, 5.74) is 8.98. The third-order valence-corrected chi connectivity index (χ3v) is 4.10. The second kappa shape index (κ2) is 6.77. The minimum Gasteiger partial charge on any atom is -0.371 e. The van der Waals surface area contributed by atoms with E-state index in [-0.39, 0.29) is 11.5 Å². The van der Waals surface area contributed by atoms with Gasteiger partial charge >= 0.3 is 0 Å². The largest absolute Gasteiger partial charge is 0.371 e. The SMILES string of the molecule is CCN(CC(C)(C)C(N)c1ccccc1)c1ccccc1. The average molecular weight is 282 g/mol. The van der Waals surface area contributed by atoms with E-state index in [1.165, 1.54) is 11.3 Å². The van der Waals surface area contributed by atoms with Gasteiger partial charge in [-0.3, -0.25) is 0 Å². The van der Waals surface area contributed by atoms with Crippen molar-refractivity contribution >= 4 is 5.69 Å². The van der Waals surface area contributed by atoms with Gasteiger partial charge in [-0.25, -0.2) is 0 Å². The van der Waals surface area contributed by atoms with Crippen LogP contribution < -0.4 is 10.6 Å². The highest BCUT2D eigenvalue weighted by atomic mass is 15.1.